The summed E-state index contributed by atoms with van der Waals surface area (Å²) in [6.07, 6.45) is 0. The Morgan fingerprint density at radius 3 is 2.58 bits per heavy atom. The molecule has 0 amide bonds. The quantitative estimate of drug-likeness (QED) is 0.746. The molecule has 3 rings (SSSR count). The molecule has 0 fully saturated rings. The molecular weight excluding hydrogens is 240 g/mol. The average molecular weight is 252 g/mol. The van der Waals surface area contributed by atoms with Crippen molar-refractivity contribution in [3.05, 3.63) is 59.9 Å². The number of carboxylic acids is 1. The summed E-state index contributed by atoms with van der Waals surface area (Å²) in [6, 6.07) is 15.2. The first-order valence-corrected chi connectivity index (χ1v) is 5.98. The van der Waals surface area contributed by atoms with Crippen LogP contribution in [0, 0.1) is 6.92 Å². The van der Waals surface area contributed by atoms with E-state index < -0.39 is 5.97 Å². The minimum atomic E-state index is -1.05. The number of fused-ring (bicyclic) bond motifs is 1. The maximum absolute atomic E-state index is 10.9. The number of hydrogen-bond donors (Lipinski definition) is 1. The smallest absolute Gasteiger partial charge is 0.371 e. The summed E-state index contributed by atoms with van der Waals surface area (Å²) in [5, 5.41) is 11.1. The van der Waals surface area contributed by atoms with Gasteiger partial charge in [-0.2, -0.15) is 0 Å². The molecule has 2 aromatic carbocycles. The highest BCUT2D eigenvalue weighted by Crippen LogP contribution is 2.32. The first-order chi connectivity index (χ1) is 9.16. The lowest BCUT2D eigenvalue weighted by Crippen LogP contribution is -1.91. The number of aromatic carboxylic acids is 1. The highest BCUT2D eigenvalue weighted by molar-refractivity contribution is 5.97. The monoisotopic (exact) mass is 252 g/mol. The summed E-state index contributed by atoms with van der Waals surface area (Å²) in [6.45, 7) is 1.99. The summed E-state index contributed by atoms with van der Waals surface area (Å²) in [7, 11) is 0. The highest BCUT2D eigenvalue weighted by Gasteiger charge is 2.14. The van der Waals surface area contributed by atoms with Gasteiger partial charge in [-0.3, -0.25) is 0 Å². The van der Waals surface area contributed by atoms with E-state index in [1.54, 1.807) is 6.07 Å². The molecule has 3 nitrogen and oxygen atoms in total. The normalized spacial score (nSPS) is 10.8. The van der Waals surface area contributed by atoms with Crippen molar-refractivity contribution < 1.29 is 14.3 Å². The van der Waals surface area contributed by atoms with Crippen LogP contribution in [-0.4, -0.2) is 11.1 Å². The van der Waals surface area contributed by atoms with Gasteiger partial charge in [0.2, 0.25) is 5.76 Å². The third-order valence-corrected chi connectivity index (χ3v) is 3.20. The molecule has 94 valence electrons. The van der Waals surface area contributed by atoms with E-state index in [2.05, 4.69) is 6.07 Å². The van der Waals surface area contributed by atoms with Crippen molar-refractivity contribution in [1.82, 2.24) is 0 Å². The number of furan rings is 1. The lowest BCUT2D eigenvalue weighted by atomic mass is 9.98. The van der Waals surface area contributed by atoms with Crippen molar-refractivity contribution in [2.45, 2.75) is 6.92 Å². The van der Waals surface area contributed by atoms with E-state index in [0.717, 1.165) is 21.9 Å². The van der Waals surface area contributed by atoms with Gasteiger partial charge in [-0.05, 0) is 35.4 Å². The van der Waals surface area contributed by atoms with Crippen molar-refractivity contribution in [2.24, 2.45) is 0 Å². The Morgan fingerprint density at radius 1 is 1.05 bits per heavy atom. The van der Waals surface area contributed by atoms with E-state index in [4.69, 9.17) is 9.52 Å². The Morgan fingerprint density at radius 2 is 1.84 bits per heavy atom. The van der Waals surface area contributed by atoms with Gasteiger partial charge >= 0.3 is 5.97 Å². The van der Waals surface area contributed by atoms with Gasteiger partial charge < -0.3 is 9.52 Å². The summed E-state index contributed by atoms with van der Waals surface area (Å²) >= 11 is 0. The van der Waals surface area contributed by atoms with Gasteiger partial charge in [0.15, 0.2) is 0 Å². The summed E-state index contributed by atoms with van der Waals surface area (Å²) in [5.74, 6) is -0.502. The van der Waals surface area contributed by atoms with E-state index in [0.29, 0.717) is 5.76 Å². The fourth-order valence-electron chi connectivity index (χ4n) is 2.29. The summed E-state index contributed by atoms with van der Waals surface area (Å²) < 4.78 is 5.42. The van der Waals surface area contributed by atoms with Gasteiger partial charge in [-0.1, -0.05) is 36.4 Å². The maximum Gasteiger partial charge on any atom is 0.371 e. The highest BCUT2D eigenvalue weighted by atomic mass is 16.4. The van der Waals surface area contributed by atoms with E-state index in [-0.39, 0.29) is 5.76 Å². The Hall–Kier alpha value is -2.55. The Balaban J connectivity index is 2.28. The minimum Gasteiger partial charge on any atom is -0.475 e. The van der Waals surface area contributed by atoms with Crippen molar-refractivity contribution >= 4 is 16.7 Å². The van der Waals surface area contributed by atoms with Crippen LogP contribution < -0.4 is 0 Å². The average Bonchev–Trinajstić information content (AvgIpc) is 2.88. The molecule has 0 radical (unpaired) electrons. The lowest BCUT2D eigenvalue weighted by Gasteiger charge is -2.07. The van der Waals surface area contributed by atoms with Gasteiger partial charge in [0.05, 0.1) is 0 Å². The molecule has 1 aromatic heterocycles. The van der Waals surface area contributed by atoms with Gasteiger partial charge in [0, 0.05) is 5.56 Å². The van der Waals surface area contributed by atoms with Crippen LogP contribution >= 0.6 is 0 Å². The third-order valence-electron chi connectivity index (χ3n) is 3.20. The van der Waals surface area contributed by atoms with E-state index in [1.165, 1.54) is 6.07 Å². The fourth-order valence-corrected chi connectivity index (χ4v) is 2.29. The van der Waals surface area contributed by atoms with Gasteiger partial charge in [0.1, 0.15) is 5.76 Å². The number of aryl methyl sites for hydroxylation is 1. The molecule has 0 saturated heterocycles. The standard InChI is InChI=1S/C16H12O3/c1-10-6-7-11-4-2-3-5-12(11)15(10)13-8-9-14(19-13)16(17)18/h2-9H,1H3,(H,17,18). The molecule has 0 aliphatic carbocycles. The molecule has 19 heavy (non-hydrogen) atoms. The molecule has 3 aromatic rings. The van der Waals surface area contributed by atoms with Crippen molar-refractivity contribution in [1.29, 1.82) is 0 Å². The van der Waals surface area contributed by atoms with Crippen LogP contribution in [0.5, 0.6) is 0 Å². The molecule has 0 spiro atoms. The molecule has 0 atom stereocenters. The van der Waals surface area contributed by atoms with Crippen molar-refractivity contribution in [3.8, 4) is 11.3 Å². The number of carbonyl (C=O) groups is 1. The number of carboxylic acid groups (broad SMARTS) is 1. The molecule has 0 aliphatic heterocycles. The zero-order valence-electron chi connectivity index (χ0n) is 10.4. The maximum atomic E-state index is 10.9. The number of benzene rings is 2. The zero-order valence-corrected chi connectivity index (χ0v) is 10.4. The second-order valence-electron chi connectivity index (χ2n) is 4.45. The van der Waals surface area contributed by atoms with Crippen LogP contribution in [0.3, 0.4) is 0 Å². The molecular formula is C16H12O3. The second kappa shape index (κ2) is 4.28. The summed E-state index contributed by atoms with van der Waals surface area (Å²) in [4.78, 5) is 10.9. The number of rotatable bonds is 2. The number of hydrogen-bond acceptors (Lipinski definition) is 2. The predicted molar refractivity (Wildman–Crippen MR) is 73.3 cm³/mol. The van der Waals surface area contributed by atoms with Crippen LogP contribution in [0.1, 0.15) is 16.1 Å². The van der Waals surface area contributed by atoms with E-state index >= 15 is 0 Å². The largest absolute Gasteiger partial charge is 0.475 e. The lowest BCUT2D eigenvalue weighted by molar-refractivity contribution is 0.0663. The van der Waals surface area contributed by atoms with Gasteiger partial charge in [-0.15, -0.1) is 0 Å². The molecule has 1 heterocycles. The molecule has 0 saturated carbocycles. The molecule has 0 bridgehead atoms. The molecule has 0 aliphatic rings. The summed E-state index contributed by atoms with van der Waals surface area (Å²) in [5.41, 5.74) is 2.01. The molecule has 3 heteroatoms. The van der Waals surface area contributed by atoms with Crippen LogP contribution in [0.25, 0.3) is 22.1 Å². The third kappa shape index (κ3) is 1.89. The Bertz CT molecular complexity index is 769. The van der Waals surface area contributed by atoms with Crippen LogP contribution in [0.4, 0.5) is 0 Å². The van der Waals surface area contributed by atoms with Crippen LogP contribution in [-0.2, 0) is 0 Å². The van der Waals surface area contributed by atoms with E-state index in [9.17, 15) is 4.79 Å². The first-order valence-electron chi connectivity index (χ1n) is 5.98. The van der Waals surface area contributed by atoms with Crippen LogP contribution in [0.15, 0.2) is 52.9 Å². The fraction of sp³-hybridized carbons (Fsp3) is 0.0625. The van der Waals surface area contributed by atoms with E-state index in [1.807, 2.05) is 37.3 Å². The van der Waals surface area contributed by atoms with Gasteiger partial charge in [0.25, 0.3) is 0 Å². The topological polar surface area (TPSA) is 50.4 Å². The first kappa shape index (κ1) is 11.5. The minimum absolute atomic E-state index is 0.0395. The SMILES string of the molecule is Cc1ccc2ccccc2c1-c1ccc(C(=O)O)o1. The second-order valence-corrected chi connectivity index (χ2v) is 4.45. The Kier molecular flexibility index (Phi) is 2.60. The van der Waals surface area contributed by atoms with Gasteiger partial charge in [-0.25, -0.2) is 4.79 Å². The Labute approximate surface area is 110 Å². The zero-order chi connectivity index (χ0) is 13.4. The van der Waals surface area contributed by atoms with Crippen LogP contribution in [0.2, 0.25) is 0 Å². The predicted octanol–water partition coefficient (Wildman–Crippen LogP) is 4.11. The van der Waals surface area contributed by atoms with Crippen molar-refractivity contribution in [3.63, 3.8) is 0 Å². The molecule has 1 N–H and O–H groups in total. The van der Waals surface area contributed by atoms with Crippen molar-refractivity contribution in [2.75, 3.05) is 0 Å². The molecule has 0 unspecified atom stereocenters.